The average Bonchev–Trinajstić information content (AvgIpc) is 2.85. The van der Waals surface area contributed by atoms with Crippen molar-refractivity contribution in [1.29, 1.82) is 5.26 Å². The van der Waals surface area contributed by atoms with Crippen molar-refractivity contribution < 1.29 is 0 Å². The maximum absolute atomic E-state index is 9.36. The van der Waals surface area contributed by atoms with Gasteiger partial charge in [-0.25, -0.2) is 4.98 Å². The first-order valence-corrected chi connectivity index (χ1v) is 7.95. The molecule has 0 saturated heterocycles. The van der Waals surface area contributed by atoms with Crippen LogP contribution in [0.15, 0.2) is 34.1 Å². The summed E-state index contributed by atoms with van der Waals surface area (Å²) < 4.78 is 0.979. The largest absolute Gasteiger partial charge is 0.365 e. The van der Waals surface area contributed by atoms with Gasteiger partial charge in [0, 0.05) is 21.0 Å². The Balaban J connectivity index is 2.21. The summed E-state index contributed by atoms with van der Waals surface area (Å²) in [5.41, 5.74) is 1.69. The fourth-order valence-electron chi connectivity index (χ4n) is 1.68. The number of nitriles is 1. The van der Waals surface area contributed by atoms with Crippen molar-refractivity contribution in [2.75, 3.05) is 5.32 Å². The molecule has 1 aromatic carbocycles. The molecule has 20 heavy (non-hydrogen) atoms. The predicted molar refractivity (Wildman–Crippen MR) is 86.9 cm³/mol. The quantitative estimate of drug-likeness (QED) is 0.858. The van der Waals surface area contributed by atoms with Gasteiger partial charge < -0.3 is 5.32 Å². The number of nitrogens with one attached hydrogen (secondary N) is 1. The molecule has 1 heterocycles. The monoisotopic (exact) mass is 349 g/mol. The number of rotatable bonds is 3. The number of benzene rings is 1. The molecular formula is C15H16BrN3S. The van der Waals surface area contributed by atoms with Crippen LogP contribution in [0.2, 0.25) is 0 Å². The summed E-state index contributed by atoms with van der Waals surface area (Å²) in [7, 11) is 0. The number of hydrogen-bond donors (Lipinski definition) is 1. The molecule has 0 radical (unpaired) electrons. The van der Waals surface area contributed by atoms with Crippen LogP contribution < -0.4 is 5.32 Å². The Hall–Kier alpha value is -1.38. The summed E-state index contributed by atoms with van der Waals surface area (Å²) in [6.07, 6.45) is 0. The standard InChI is InChI=1S/C15H16BrN3S/c1-15(2,3)14-19-13(9-20-14)12(8-17)18-11-6-4-5-10(16)7-11/h4-7,9,12,18H,1-3H3. The van der Waals surface area contributed by atoms with E-state index in [4.69, 9.17) is 0 Å². The molecule has 1 N–H and O–H groups in total. The molecule has 0 aliphatic carbocycles. The van der Waals surface area contributed by atoms with Gasteiger partial charge in [-0.2, -0.15) is 5.26 Å². The Morgan fingerprint density at radius 1 is 1.40 bits per heavy atom. The zero-order valence-corrected chi connectivity index (χ0v) is 14.0. The van der Waals surface area contributed by atoms with E-state index in [1.165, 1.54) is 0 Å². The van der Waals surface area contributed by atoms with Gasteiger partial charge in [0.25, 0.3) is 0 Å². The van der Waals surface area contributed by atoms with E-state index in [0.29, 0.717) is 0 Å². The lowest BCUT2D eigenvalue weighted by atomic mass is 9.98. The number of anilines is 1. The summed E-state index contributed by atoms with van der Waals surface area (Å²) >= 11 is 5.03. The van der Waals surface area contributed by atoms with Crippen LogP contribution in [0.25, 0.3) is 0 Å². The third-order valence-electron chi connectivity index (χ3n) is 2.72. The molecule has 104 valence electrons. The second kappa shape index (κ2) is 5.94. The van der Waals surface area contributed by atoms with Gasteiger partial charge in [0.1, 0.15) is 0 Å². The highest BCUT2D eigenvalue weighted by Crippen LogP contribution is 2.29. The molecule has 1 aromatic heterocycles. The van der Waals surface area contributed by atoms with Crippen molar-refractivity contribution in [3.63, 3.8) is 0 Å². The van der Waals surface area contributed by atoms with Gasteiger partial charge in [0.15, 0.2) is 6.04 Å². The lowest BCUT2D eigenvalue weighted by Gasteiger charge is -2.14. The van der Waals surface area contributed by atoms with Gasteiger partial charge in [-0.15, -0.1) is 11.3 Å². The highest BCUT2D eigenvalue weighted by Gasteiger charge is 2.21. The molecule has 2 aromatic rings. The van der Waals surface area contributed by atoms with E-state index < -0.39 is 6.04 Å². The first-order chi connectivity index (χ1) is 9.40. The molecule has 2 rings (SSSR count). The third-order valence-corrected chi connectivity index (χ3v) is 4.50. The van der Waals surface area contributed by atoms with E-state index in [1.807, 2.05) is 29.6 Å². The zero-order valence-electron chi connectivity index (χ0n) is 11.6. The Morgan fingerprint density at radius 3 is 2.70 bits per heavy atom. The number of thiazole rings is 1. The molecule has 0 spiro atoms. The molecule has 1 unspecified atom stereocenters. The Labute approximate surface area is 131 Å². The lowest BCUT2D eigenvalue weighted by Crippen LogP contribution is -2.13. The zero-order chi connectivity index (χ0) is 14.8. The van der Waals surface area contributed by atoms with Crippen LogP contribution in [-0.4, -0.2) is 4.98 Å². The molecule has 0 fully saturated rings. The molecule has 0 amide bonds. The summed E-state index contributed by atoms with van der Waals surface area (Å²) in [5.74, 6) is 0. The molecular weight excluding hydrogens is 334 g/mol. The highest BCUT2D eigenvalue weighted by atomic mass is 79.9. The highest BCUT2D eigenvalue weighted by molar-refractivity contribution is 9.10. The van der Waals surface area contributed by atoms with Crippen LogP contribution in [0.1, 0.15) is 37.5 Å². The van der Waals surface area contributed by atoms with Crippen molar-refractivity contribution in [3.05, 3.63) is 44.8 Å². The Morgan fingerprint density at radius 2 is 2.15 bits per heavy atom. The topological polar surface area (TPSA) is 48.7 Å². The van der Waals surface area contributed by atoms with E-state index in [2.05, 4.69) is 53.1 Å². The number of nitrogens with zero attached hydrogens (tertiary/aromatic N) is 2. The smallest absolute Gasteiger partial charge is 0.158 e. The summed E-state index contributed by atoms with van der Waals surface area (Å²) in [4.78, 5) is 4.59. The van der Waals surface area contributed by atoms with E-state index in [0.717, 1.165) is 20.9 Å². The second-order valence-electron chi connectivity index (χ2n) is 5.54. The minimum Gasteiger partial charge on any atom is -0.365 e. The second-order valence-corrected chi connectivity index (χ2v) is 7.32. The molecule has 0 aliphatic heterocycles. The SMILES string of the molecule is CC(C)(C)c1nc(C(C#N)Nc2cccc(Br)c2)cs1. The predicted octanol–water partition coefficient (Wildman–Crippen LogP) is 4.88. The van der Waals surface area contributed by atoms with Gasteiger partial charge in [-0.3, -0.25) is 0 Å². The van der Waals surface area contributed by atoms with Crippen molar-refractivity contribution in [3.8, 4) is 6.07 Å². The van der Waals surface area contributed by atoms with E-state index in [1.54, 1.807) is 11.3 Å². The van der Waals surface area contributed by atoms with Crippen LogP contribution in [0, 0.1) is 11.3 Å². The molecule has 1 atom stereocenters. The average molecular weight is 350 g/mol. The minimum absolute atomic E-state index is 0.0126. The number of aromatic nitrogens is 1. The van der Waals surface area contributed by atoms with Crippen LogP contribution >= 0.6 is 27.3 Å². The molecule has 0 aliphatic rings. The summed E-state index contributed by atoms with van der Waals surface area (Å²) in [5, 5.41) is 15.6. The fraction of sp³-hybridized carbons (Fsp3) is 0.333. The first-order valence-electron chi connectivity index (χ1n) is 6.28. The first kappa shape index (κ1) is 15.0. The van der Waals surface area contributed by atoms with E-state index >= 15 is 0 Å². The number of halogens is 1. The summed E-state index contributed by atoms with van der Waals surface area (Å²) in [6.45, 7) is 6.37. The van der Waals surface area contributed by atoms with Crippen LogP contribution in [-0.2, 0) is 5.41 Å². The van der Waals surface area contributed by atoms with Gasteiger partial charge in [-0.05, 0) is 18.2 Å². The fourth-order valence-corrected chi connectivity index (χ4v) is 3.01. The molecule has 0 saturated carbocycles. The Bertz CT molecular complexity index is 637. The minimum atomic E-state index is -0.434. The third kappa shape index (κ3) is 3.59. The molecule has 3 nitrogen and oxygen atoms in total. The number of hydrogen-bond acceptors (Lipinski definition) is 4. The van der Waals surface area contributed by atoms with Crippen LogP contribution in [0.5, 0.6) is 0 Å². The normalized spacial score (nSPS) is 12.8. The summed E-state index contributed by atoms with van der Waals surface area (Å²) in [6, 6.07) is 9.60. The lowest BCUT2D eigenvalue weighted by molar-refractivity contribution is 0.582. The maximum atomic E-state index is 9.36. The van der Waals surface area contributed by atoms with Crippen molar-refractivity contribution in [2.45, 2.75) is 32.2 Å². The molecule has 0 bridgehead atoms. The van der Waals surface area contributed by atoms with Gasteiger partial charge in [-0.1, -0.05) is 42.8 Å². The van der Waals surface area contributed by atoms with E-state index in [9.17, 15) is 5.26 Å². The van der Waals surface area contributed by atoms with Crippen molar-refractivity contribution in [1.82, 2.24) is 4.98 Å². The van der Waals surface area contributed by atoms with Crippen LogP contribution in [0.3, 0.4) is 0 Å². The van der Waals surface area contributed by atoms with Gasteiger partial charge in [0.05, 0.1) is 16.8 Å². The van der Waals surface area contributed by atoms with Crippen molar-refractivity contribution >= 4 is 33.0 Å². The van der Waals surface area contributed by atoms with Crippen molar-refractivity contribution in [2.24, 2.45) is 0 Å². The van der Waals surface area contributed by atoms with E-state index in [-0.39, 0.29) is 5.41 Å². The van der Waals surface area contributed by atoms with Gasteiger partial charge >= 0.3 is 0 Å². The Kier molecular flexibility index (Phi) is 4.46. The van der Waals surface area contributed by atoms with Crippen LogP contribution in [0.4, 0.5) is 5.69 Å². The maximum Gasteiger partial charge on any atom is 0.158 e. The molecule has 5 heteroatoms. The van der Waals surface area contributed by atoms with Gasteiger partial charge in [0.2, 0.25) is 0 Å².